The second-order valence-electron chi connectivity index (χ2n) is 4.30. The molecular weight excluding hydrogens is 232 g/mol. The standard InChI is InChI=1S/C13H20N2O3/c1-10(2)18-8-4-3-6-15-13(17)11-9-14-7-5-12(11)16/h5,7,9-10H,3-4,6,8H2,1-2H3,(H,14,16)(H,15,17). The molecule has 0 bridgehead atoms. The average molecular weight is 252 g/mol. The van der Waals surface area contributed by atoms with Crippen LogP contribution in [0.15, 0.2) is 23.3 Å². The molecule has 100 valence electrons. The lowest BCUT2D eigenvalue weighted by Gasteiger charge is -2.07. The molecule has 0 radical (unpaired) electrons. The summed E-state index contributed by atoms with van der Waals surface area (Å²) < 4.78 is 5.38. The first-order valence-corrected chi connectivity index (χ1v) is 6.18. The Hall–Kier alpha value is -1.62. The van der Waals surface area contributed by atoms with Crippen molar-refractivity contribution in [2.24, 2.45) is 0 Å². The molecule has 1 rings (SSSR count). The molecule has 0 saturated heterocycles. The summed E-state index contributed by atoms with van der Waals surface area (Å²) in [6, 6.07) is 1.34. The van der Waals surface area contributed by atoms with E-state index in [1.807, 2.05) is 13.8 Å². The van der Waals surface area contributed by atoms with Crippen LogP contribution in [0.5, 0.6) is 0 Å². The zero-order valence-corrected chi connectivity index (χ0v) is 10.9. The Balaban J connectivity index is 2.22. The van der Waals surface area contributed by atoms with E-state index >= 15 is 0 Å². The van der Waals surface area contributed by atoms with Crippen molar-refractivity contribution in [1.82, 2.24) is 10.3 Å². The van der Waals surface area contributed by atoms with Gasteiger partial charge >= 0.3 is 0 Å². The minimum absolute atomic E-state index is 0.149. The number of ether oxygens (including phenoxy) is 1. The zero-order chi connectivity index (χ0) is 13.4. The topological polar surface area (TPSA) is 71.2 Å². The van der Waals surface area contributed by atoms with Crippen molar-refractivity contribution in [3.63, 3.8) is 0 Å². The van der Waals surface area contributed by atoms with E-state index in [2.05, 4.69) is 10.3 Å². The Morgan fingerprint density at radius 1 is 1.44 bits per heavy atom. The third-order valence-corrected chi connectivity index (χ3v) is 2.38. The van der Waals surface area contributed by atoms with E-state index in [1.54, 1.807) is 0 Å². The summed E-state index contributed by atoms with van der Waals surface area (Å²) >= 11 is 0. The number of pyridine rings is 1. The van der Waals surface area contributed by atoms with Crippen LogP contribution < -0.4 is 10.7 Å². The van der Waals surface area contributed by atoms with Crippen LogP contribution in [-0.2, 0) is 4.74 Å². The highest BCUT2D eigenvalue weighted by Crippen LogP contribution is 1.94. The molecule has 0 unspecified atom stereocenters. The Labute approximate surface area is 107 Å². The fourth-order valence-electron chi connectivity index (χ4n) is 1.44. The Morgan fingerprint density at radius 2 is 2.22 bits per heavy atom. The highest BCUT2D eigenvalue weighted by Gasteiger charge is 2.07. The molecule has 1 amide bonds. The number of H-pyrrole nitrogens is 1. The lowest BCUT2D eigenvalue weighted by atomic mass is 10.2. The number of nitrogens with one attached hydrogen (secondary N) is 2. The summed E-state index contributed by atoms with van der Waals surface area (Å²) in [6.07, 6.45) is 4.89. The molecule has 1 aromatic heterocycles. The number of hydrogen-bond donors (Lipinski definition) is 2. The van der Waals surface area contributed by atoms with Gasteiger partial charge in [-0.05, 0) is 26.7 Å². The smallest absolute Gasteiger partial charge is 0.256 e. The van der Waals surface area contributed by atoms with Crippen LogP contribution in [0.1, 0.15) is 37.0 Å². The second kappa shape index (κ2) is 7.66. The van der Waals surface area contributed by atoms with E-state index in [-0.39, 0.29) is 23.0 Å². The molecule has 2 N–H and O–H groups in total. The van der Waals surface area contributed by atoms with Gasteiger partial charge in [0.05, 0.1) is 6.10 Å². The summed E-state index contributed by atoms with van der Waals surface area (Å²) in [6.45, 7) is 5.22. The molecule has 5 nitrogen and oxygen atoms in total. The number of aromatic amines is 1. The number of amides is 1. The highest BCUT2D eigenvalue weighted by molar-refractivity contribution is 5.93. The number of aromatic nitrogens is 1. The fraction of sp³-hybridized carbons (Fsp3) is 0.538. The first kappa shape index (κ1) is 14.4. The van der Waals surface area contributed by atoms with Gasteiger partial charge in [0.15, 0.2) is 5.43 Å². The maximum Gasteiger partial charge on any atom is 0.256 e. The van der Waals surface area contributed by atoms with E-state index in [9.17, 15) is 9.59 Å². The van der Waals surface area contributed by atoms with Crippen LogP contribution in [0.25, 0.3) is 0 Å². The summed E-state index contributed by atoms with van der Waals surface area (Å²) in [5.41, 5.74) is -0.120. The SMILES string of the molecule is CC(C)OCCCCNC(=O)c1c[nH]ccc1=O. The molecule has 0 saturated carbocycles. The first-order valence-electron chi connectivity index (χ1n) is 6.18. The van der Waals surface area contributed by atoms with Gasteiger partial charge in [0.1, 0.15) is 5.56 Å². The van der Waals surface area contributed by atoms with Crippen molar-refractivity contribution in [2.75, 3.05) is 13.2 Å². The molecule has 0 aliphatic heterocycles. The molecule has 0 atom stereocenters. The molecule has 0 spiro atoms. The van der Waals surface area contributed by atoms with Crippen molar-refractivity contribution in [3.05, 3.63) is 34.2 Å². The Kier molecular flexibility index (Phi) is 6.14. The summed E-state index contributed by atoms with van der Waals surface area (Å²) in [5.74, 6) is -0.332. The predicted octanol–water partition coefficient (Wildman–Crippen LogP) is 1.31. The maximum absolute atomic E-state index is 11.6. The van der Waals surface area contributed by atoms with Gasteiger partial charge in [0, 0.05) is 31.6 Å². The van der Waals surface area contributed by atoms with Crippen LogP contribution in [0.3, 0.4) is 0 Å². The van der Waals surface area contributed by atoms with Crippen molar-refractivity contribution in [2.45, 2.75) is 32.8 Å². The quantitative estimate of drug-likeness (QED) is 0.719. The predicted molar refractivity (Wildman–Crippen MR) is 69.7 cm³/mol. The van der Waals surface area contributed by atoms with Gasteiger partial charge in [0.2, 0.25) is 0 Å². The largest absolute Gasteiger partial charge is 0.379 e. The van der Waals surface area contributed by atoms with E-state index < -0.39 is 0 Å². The van der Waals surface area contributed by atoms with E-state index in [0.717, 1.165) is 12.8 Å². The molecule has 0 aromatic carbocycles. The zero-order valence-electron chi connectivity index (χ0n) is 10.9. The molecule has 0 fully saturated rings. The van der Waals surface area contributed by atoms with Crippen LogP contribution in [0, 0.1) is 0 Å². The monoisotopic (exact) mass is 252 g/mol. The highest BCUT2D eigenvalue weighted by atomic mass is 16.5. The van der Waals surface area contributed by atoms with Crippen LogP contribution in [0.4, 0.5) is 0 Å². The number of carbonyl (C=O) groups excluding carboxylic acids is 1. The van der Waals surface area contributed by atoms with Gasteiger partial charge in [0.25, 0.3) is 5.91 Å². The molecule has 5 heteroatoms. The van der Waals surface area contributed by atoms with Crippen LogP contribution in [0.2, 0.25) is 0 Å². The second-order valence-corrected chi connectivity index (χ2v) is 4.30. The van der Waals surface area contributed by atoms with Crippen molar-refractivity contribution >= 4 is 5.91 Å². The molecule has 18 heavy (non-hydrogen) atoms. The van der Waals surface area contributed by atoms with E-state index in [4.69, 9.17) is 4.74 Å². The van der Waals surface area contributed by atoms with Gasteiger partial charge in [-0.1, -0.05) is 0 Å². The molecule has 0 aliphatic carbocycles. The van der Waals surface area contributed by atoms with E-state index in [0.29, 0.717) is 13.2 Å². The number of hydrogen-bond acceptors (Lipinski definition) is 3. The summed E-state index contributed by atoms with van der Waals surface area (Å²) in [7, 11) is 0. The number of carbonyl (C=O) groups is 1. The van der Waals surface area contributed by atoms with Crippen LogP contribution in [-0.4, -0.2) is 30.1 Å². The maximum atomic E-state index is 11.6. The summed E-state index contributed by atoms with van der Waals surface area (Å²) in [5, 5.41) is 2.71. The molecule has 0 aliphatic rings. The molecule has 1 heterocycles. The number of rotatable bonds is 7. The van der Waals surface area contributed by atoms with Crippen molar-refractivity contribution in [3.8, 4) is 0 Å². The molecule has 1 aromatic rings. The Bertz CT molecular complexity index is 426. The molecular formula is C13H20N2O3. The van der Waals surface area contributed by atoms with Crippen LogP contribution >= 0.6 is 0 Å². The third-order valence-electron chi connectivity index (χ3n) is 2.38. The van der Waals surface area contributed by atoms with Crippen molar-refractivity contribution in [1.29, 1.82) is 0 Å². The van der Waals surface area contributed by atoms with Gasteiger partial charge in [-0.25, -0.2) is 0 Å². The normalized spacial score (nSPS) is 10.6. The number of unbranched alkanes of at least 4 members (excludes halogenated alkanes) is 1. The minimum Gasteiger partial charge on any atom is -0.379 e. The van der Waals surface area contributed by atoms with Gasteiger partial charge in [-0.15, -0.1) is 0 Å². The van der Waals surface area contributed by atoms with E-state index in [1.165, 1.54) is 18.5 Å². The third kappa shape index (κ3) is 5.14. The van der Waals surface area contributed by atoms with Gasteiger partial charge in [-0.3, -0.25) is 9.59 Å². The van der Waals surface area contributed by atoms with Gasteiger partial charge < -0.3 is 15.0 Å². The first-order chi connectivity index (χ1) is 8.61. The fourth-order valence-corrected chi connectivity index (χ4v) is 1.44. The lowest BCUT2D eigenvalue weighted by Crippen LogP contribution is -2.29. The Morgan fingerprint density at radius 3 is 2.89 bits per heavy atom. The lowest BCUT2D eigenvalue weighted by molar-refractivity contribution is 0.0754. The van der Waals surface area contributed by atoms with Gasteiger partial charge in [-0.2, -0.15) is 0 Å². The minimum atomic E-state index is -0.332. The van der Waals surface area contributed by atoms with Crippen molar-refractivity contribution < 1.29 is 9.53 Å². The summed E-state index contributed by atoms with van der Waals surface area (Å²) in [4.78, 5) is 25.7. The average Bonchev–Trinajstić information content (AvgIpc) is 2.33.